The average Bonchev–Trinajstić information content (AvgIpc) is 2.04. The first kappa shape index (κ1) is 7.66. The van der Waals surface area contributed by atoms with Crippen molar-refractivity contribution in [1.82, 2.24) is 0 Å². The van der Waals surface area contributed by atoms with Crippen molar-refractivity contribution >= 4 is 17.5 Å². The maximum atomic E-state index is 5.58. The van der Waals surface area contributed by atoms with Crippen molar-refractivity contribution in [3.05, 3.63) is 30.3 Å². The second kappa shape index (κ2) is 3.10. The van der Waals surface area contributed by atoms with E-state index in [9.17, 15) is 0 Å². The van der Waals surface area contributed by atoms with Crippen LogP contribution in [0.15, 0.2) is 24.8 Å². The lowest BCUT2D eigenvalue weighted by Crippen LogP contribution is -1.93. The SMILES string of the molecule is C=Cc1cc(N)ccc1NC. The van der Waals surface area contributed by atoms with Crippen LogP contribution in [0.5, 0.6) is 0 Å². The van der Waals surface area contributed by atoms with Crippen LogP contribution in [0.2, 0.25) is 0 Å². The molecule has 1 aromatic carbocycles. The first-order chi connectivity index (χ1) is 5.27. The summed E-state index contributed by atoms with van der Waals surface area (Å²) in [4.78, 5) is 0. The highest BCUT2D eigenvalue weighted by Crippen LogP contribution is 2.18. The molecule has 0 saturated carbocycles. The van der Waals surface area contributed by atoms with E-state index in [0.29, 0.717) is 0 Å². The molecule has 0 aliphatic carbocycles. The maximum absolute atomic E-state index is 5.58. The van der Waals surface area contributed by atoms with Crippen LogP contribution in [-0.4, -0.2) is 7.05 Å². The standard InChI is InChI=1S/C9H12N2/c1-3-7-6-8(10)4-5-9(7)11-2/h3-6,11H,1,10H2,2H3. The van der Waals surface area contributed by atoms with Crippen LogP contribution in [0.3, 0.4) is 0 Å². The Morgan fingerprint density at radius 2 is 2.27 bits per heavy atom. The zero-order valence-electron chi connectivity index (χ0n) is 6.59. The Morgan fingerprint density at radius 1 is 1.55 bits per heavy atom. The zero-order valence-corrected chi connectivity index (χ0v) is 6.59. The first-order valence-corrected chi connectivity index (χ1v) is 3.47. The fourth-order valence-corrected chi connectivity index (χ4v) is 0.978. The number of hydrogen-bond acceptors (Lipinski definition) is 2. The summed E-state index contributed by atoms with van der Waals surface area (Å²) in [6, 6.07) is 5.68. The van der Waals surface area contributed by atoms with Gasteiger partial charge in [0.1, 0.15) is 0 Å². The molecule has 1 rings (SSSR count). The van der Waals surface area contributed by atoms with Crippen LogP contribution >= 0.6 is 0 Å². The van der Waals surface area contributed by atoms with Crippen molar-refractivity contribution in [2.75, 3.05) is 18.1 Å². The van der Waals surface area contributed by atoms with Crippen LogP contribution in [-0.2, 0) is 0 Å². The van der Waals surface area contributed by atoms with E-state index in [0.717, 1.165) is 16.9 Å². The van der Waals surface area contributed by atoms with Crippen LogP contribution in [0.1, 0.15) is 5.56 Å². The molecule has 0 bridgehead atoms. The van der Waals surface area contributed by atoms with Crippen LogP contribution in [0.4, 0.5) is 11.4 Å². The van der Waals surface area contributed by atoms with Crippen molar-refractivity contribution < 1.29 is 0 Å². The van der Waals surface area contributed by atoms with Gasteiger partial charge in [0.15, 0.2) is 0 Å². The molecular formula is C9H12N2. The van der Waals surface area contributed by atoms with E-state index in [2.05, 4.69) is 11.9 Å². The van der Waals surface area contributed by atoms with Crippen molar-refractivity contribution in [2.24, 2.45) is 0 Å². The van der Waals surface area contributed by atoms with Crippen LogP contribution in [0, 0.1) is 0 Å². The number of hydrogen-bond donors (Lipinski definition) is 2. The Labute approximate surface area is 66.7 Å². The summed E-state index contributed by atoms with van der Waals surface area (Å²) >= 11 is 0. The van der Waals surface area contributed by atoms with Gasteiger partial charge < -0.3 is 11.1 Å². The summed E-state index contributed by atoms with van der Waals surface area (Å²) in [7, 11) is 1.87. The first-order valence-electron chi connectivity index (χ1n) is 3.47. The third-order valence-corrected chi connectivity index (χ3v) is 1.56. The minimum Gasteiger partial charge on any atom is -0.399 e. The predicted molar refractivity (Wildman–Crippen MR) is 50.5 cm³/mol. The fourth-order valence-electron chi connectivity index (χ4n) is 0.978. The fraction of sp³-hybridized carbons (Fsp3) is 0.111. The normalized spacial score (nSPS) is 9.18. The second-order valence-corrected chi connectivity index (χ2v) is 2.30. The lowest BCUT2D eigenvalue weighted by molar-refractivity contribution is 1.49. The minimum absolute atomic E-state index is 0.763. The van der Waals surface area contributed by atoms with Gasteiger partial charge in [-0.1, -0.05) is 12.7 Å². The molecule has 58 valence electrons. The molecule has 0 atom stereocenters. The Balaban J connectivity index is 3.16. The van der Waals surface area contributed by atoms with Gasteiger partial charge in [-0.15, -0.1) is 0 Å². The second-order valence-electron chi connectivity index (χ2n) is 2.30. The summed E-state index contributed by atoms with van der Waals surface area (Å²) in [6.07, 6.45) is 1.78. The van der Waals surface area contributed by atoms with Gasteiger partial charge in [0.2, 0.25) is 0 Å². The quantitative estimate of drug-likeness (QED) is 0.629. The van der Waals surface area contributed by atoms with Crippen molar-refractivity contribution in [1.29, 1.82) is 0 Å². The van der Waals surface area contributed by atoms with E-state index in [1.165, 1.54) is 0 Å². The third-order valence-electron chi connectivity index (χ3n) is 1.56. The monoisotopic (exact) mass is 148 g/mol. The number of rotatable bonds is 2. The van der Waals surface area contributed by atoms with Crippen molar-refractivity contribution in [3.63, 3.8) is 0 Å². The molecule has 0 heterocycles. The van der Waals surface area contributed by atoms with Gasteiger partial charge >= 0.3 is 0 Å². The van der Waals surface area contributed by atoms with Crippen LogP contribution < -0.4 is 11.1 Å². The number of nitrogen functional groups attached to an aromatic ring is 1. The summed E-state index contributed by atoms with van der Waals surface area (Å²) in [6.45, 7) is 3.69. The smallest absolute Gasteiger partial charge is 0.0412 e. The molecule has 0 aliphatic heterocycles. The van der Waals surface area contributed by atoms with Crippen molar-refractivity contribution in [3.8, 4) is 0 Å². The maximum Gasteiger partial charge on any atom is 0.0412 e. The molecule has 0 aliphatic rings. The van der Waals surface area contributed by atoms with Gasteiger partial charge in [-0.3, -0.25) is 0 Å². The highest BCUT2D eigenvalue weighted by molar-refractivity contribution is 5.69. The highest BCUT2D eigenvalue weighted by atomic mass is 14.8. The molecular weight excluding hydrogens is 136 g/mol. The average molecular weight is 148 g/mol. The number of anilines is 2. The van der Waals surface area contributed by atoms with E-state index in [4.69, 9.17) is 5.73 Å². The van der Waals surface area contributed by atoms with E-state index < -0.39 is 0 Å². The van der Waals surface area contributed by atoms with Gasteiger partial charge in [0.25, 0.3) is 0 Å². The Morgan fingerprint density at radius 3 is 2.82 bits per heavy atom. The molecule has 0 saturated heterocycles. The van der Waals surface area contributed by atoms with E-state index in [1.807, 2.05) is 25.2 Å². The predicted octanol–water partition coefficient (Wildman–Crippen LogP) is 1.95. The Hall–Kier alpha value is -1.44. The molecule has 1 aromatic rings. The topological polar surface area (TPSA) is 38.0 Å². The summed E-state index contributed by atoms with van der Waals surface area (Å²) in [5.74, 6) is 0. The molecule has 0 radical (unpaired) electrons. The number of benzene rings is 1. The summed E-state index contributed by atoms with van der Waals surface area (Å²) < 4.78 is 0. The van der Waals surface area contributed by atoms with Gasteiger partial charge in [-0.2, -0.15) is 0 Å². The molecule has 0 spiro atoms. The number of nitrogens with one attached hydrogen (secondary N) is 1. The molecule has 0 amide bonds. The molecule has 2 nitrogen and oxygen atoms in total. The lowest BCUT2D eigenvalue weighted by Gasteiger charge is -2.04. The van der Waals surface area contributed by atoms with Crippen molar-refractivity contribution in [2.45, 2.75) is 0 Å². The summed E-state index contributed by atoms with van der Waals surface area (Å²) in [5.41, 5.74) is 8.43. The number of nitrogens with two attached hydrogens (primary N) is 1. The Bertz CT molecular complexity index is 266. The molecule has 2 heteroatoms. The van der Waals surface area contributed by atoms with Gasteiger partial charge in [-0.25, -0.2) is 0 Å². The Kier molecular flexibility index (Phi) is 2.16. The van der Waals surface area contributed by atoms with E-state index in [-0.39, 0.29) is 0 Å². The van der Waals surface area contributed by atoms with Gasteiger partial charge in [-0.05, 0) is 23.8 Å². The minimum atomic E-state index is 0.763. The lowest BCUT2D eigenvalue weighted by atomic mass is 10.1. The summed E-state index contributed by atoms with van der Waals surface area (Å²) in [5, 5.41) is 3.05. The van der Waals surface area contributed by atoms with E-state index >= 15 is 0 Å². The molecule has 0 unspecified atom stereocenters. The zero-order chi connectivity index (χ0) is 8.27. The highest BCUT2D eigenvalue weighted by Gasteiger charge is 1.95. The molecule has 0 aromatic heterocycles. The third kappa shape index (κ3) is 1.52. The van der Waals surface area contributed by atoms with Gasteiger partial charge in [0, 0.05) is 18.4 Å². The molecule has 3 N–H and O–H groups in total. The van der Waals surface area contributed by atoms with Gasteiger partial charge in [0.05, 0.1) is 0 Å². The molecule has 0 fully saturated rings. The largest absolute Gasteiger partial charge is 0.399 e. The van der Waals surface area contributed by atoms with Crippen LogP contribution in [0.25, 0.3) is 6.08 Å². The molecule has 11 heavy (non-hydrogen) atoms. The van der Waals surface area contributed by atoms with E-state index in [1.54, 1.807) is 6.08 Å².